The summed E-state index contributed by atoms with van der Waals surface area (Å²) in [6.45, 7) is 11.5. The van der Waals surface area contributed by atoms with E-state index in [4.69, 9.17) is 0 Å². The maximum absolute atomic E-state index is 3.33. The maximum Gasteiger partial charge on any atom is 0.0373 e. The SMILES string of the molecule is CNCC1CCN(c2ccc(C)c(C)c2)C(C)(C)C1. The van der Waals surface area contributed by atoms with Gasteiger partial charge in [-0.25, -0.2) is 0 Å². The molecule has 2 nitrogen and oxygen atoms in total. The molecule has 1 N–H and O–H groups in total. The number of aryl methyl sites for hydroxylation is 2. The zero-order chi connectivity index (χ0) is 14.0. The number of nitrogens with one attached hydrogen (secondary N) is 1. The molecule has 2 rings (SSSR count). The van der Waals surface area contributed by atoms with Gasteiger partial charge in [-0.15, -0.1) is 0 Å². The summed E-state index contributed by atoms with van der Waals surface area (Å²) in [5.41, 5.74) is 4.41. The van der Waals surface area contributed by atoms with E-state index in [-0.39, 0.29) is 5.54 Å². The van der Waals surface area contributed by atoms with Crippen LogP contribution in [0.4, 0.5) is 5.69 Å². The third kappa shape index (κ3) is 3.11. The fraction of sp³-hybridized carbons (Fsp3) is 0.647. The number of hydrogen-bond acceptors (Lipinski definition) is 2. The summed E-state index contributed by atoms with van der Waals surface area (Å²) in [5.74, 6) is 0.808. The van der Waals surface area contributed by atoms with Crippen molar-refractivity contribution < 1.29 is 0 Å². The van der Waals surface area contributed by atoms with E-state index in [1.54, 1.807) is 0 Å². The zero-order valence-electron chi connectivity index (χ0n) is 13.1. The summed E-state index contributed by atoms with van der Waals surface area (Å²) in [7, 11) is 2.06. The minimum absolute atomic E-state index is 0.251. The zero-order valence-corrected chi connectivity index (χ0v) is 13.1. The van der Waals surface area contributed by atoms with Gasteiger partial charge in [-0.3, -0.25) is 0 Å². The molecule has 2 heteroatoms. The number of hydrogen-bond donors (Lipinski definition) is 1. The highest BCUT2D eigenvalue weighted by atomic mass is 15.2. The first kappa shape index (κ1) is 14.4. The normalized spacial score (nSPS) is 22.6. The van der Waals surface area contributed by atoms with Crippen molar-refractivity contribution in [3.05, 3.63) is 29.3 Å². The molecule has 1 fully saturated rings. The van der Waals surface area contributed by atoms with Crippen LogP contribution in [0.5, 0.6) is 0 Å². The summed E-state index contributed by atoms with van der Waals surface area (Å²) in [4.78, 5) is 2.59. The van der Waals surface area contributed by atoms with Crippen LogP contribution in [-0.2, 0) is 0 Å². The predicted molar refractivity (Wildman–Crippen MR) is 84.0 cm³/mol. The van der Waals surface area contributed by atoms with Crippen molar-refractivity contribution in [1.82, 2.24) is 5.32 Å². The largest absolute Gasteiger partial charge is 0.366 e. The topological polar surface area (TPSA) is 15.3 Å². The first-order chi connectivity index (χ1) is 8.94. The van der Waals surface area contributed by atoms with E-state index in [9.17, 15) is 0 Å². The molecule has 1 atom stereocenters. The van der Waals surface area contributed by atoms with Gasteiger partial charge in [0.1, 0.15) is 0 Å². The third-order valence-electron chi connectivity index (χ3n) is 4.57. The van der Waals surface area contributed by atoms with Crippen LogP contribution < -0.4 is 10.2 Å². The number of rotatable bonds is 3. The molecule has 1 unspecified atom stereocenters. The molecule has 0 amide bonds. The third-order valence-corrected chi connectivity index (χ3v) is 4.57. The van der Waals surface area contributed by atoms with E-state index in [1.807, 2.05) is 0 Å². The molecule has 1 aliphatic rings. The lowest BCUT2D eigenvalue weighted by Crippen LogP contribution is -2.51. The van der Waals surface area contributed by atoms with Gasteiger partial charge >= 0.3 is 0 Å². The molecule has 1 aromatic rings. The van der Waals surface area contributed by atoms with Gasteiger partial charge in [0.05, 0.1) is 0 Å². The van der Waals surface area contributed by atoms with Gasteiger partial charge in [-0.1, -0.05) is 6.07 Å². The molecule has 1 aliphatic heterocycles. The van der Waals surface area contributed by atoms with Crippen molar-refractivity contribution >= 4 is 5.69 Å². The molecule has 0 bridgehead atoms. The Balaban J connectivity index is 2.18. The molecule has 1 aromatic carbocycles. The van der Waals surface area contributed by atoms with Crippen molar-refractivity contribution in [3.8, 4) is 0 Å². The molecular weight excluding hydrogens is 232 g/mol. The van der Waals surface area contributed by atoms with E-state index in [0.29, 0.717) is 0 Å². The molecule has 0 radical (unpaired) electrons. The fourth-order valence-corrected chi connectivity index (χ4v) is 3.37. The van der Waals surface area contributed by atoms with Gasteiger partial charge in [-0.2, -0.15) is 0 Å². The van der Waals surface area contributed by atoms with Crippen LogP contribution in [0.15, 0.2) is 18.2 Å². The average Bonchev–Trinajstić information content (AvgIpc) is 2.32. The molecule has 0 spiro atoms. The highest BCUT2D eigenvalue weighted by Crippen LogP contribution is 2.35. The van der Waals surface area contributed by atoms with Crippen molar-refractivity contribution in [3.63, 3.8) is 0 Å². The van der Waals surface area contributed by atoms with Crippen LogP contribution in [0.3, 0.4) is 0 Å². The Bertz CT molecular complexity index is 437. The highest BCUT2D eigenvalue weighted by Gasteiger charge is 2.34. The van der Waals surface area contributed by atoms with Crippen LogP contribution in [0.1, 0.15) is 37.8 Å². The second-order valence-electron chi connectivity index (χ2n) is 6.65. The Morgan fingerprint density at radius 2 is 2.00 bits per heavy atom. The summed E-state index contributed by atoms with van der Waals surface area (Å²) in [6.07, 6.45) is 2.55. The van der Waals surface area contributed by atoms with Gasteiger partial charge in [0, 0.05) is 17.8 Å². The minimum atomic E-state index is 0.251. The predicted octanol–water partition coefficient (Wildman–Crippen LogP) is 3.52. The van der Waals surface area contributed by atoms with Gasteiger partial charge in [-0.05, 0) is 83.3 Å². The van der Waals surface area contributed by atoms with E-state index < -0.39 is 0 Å². The Morgan fingerprint density at radius 3 is 2.58 bits per heavy atom. The van der Waals surface area contributed by atoms with E-state index in [1.165, 1.54) is 36.2 Å². The fourth-order valence-electron chi connectivity index (χ4n) is 3.37. The van der Waals surface area contributed by atoms with Gasteiger partial charge in [0.25, 0.3) is 0 Å². The van der Waals surface area contributed by atoms with Gasteiger partial charge < -0.3 is 10.2 Å². The molecule has 106 valence electrons. The molecule has 0 aromatic heterocycles. The maximum atomic E-state index is 3.33. The summed E-state index contributed by atoms with van der Waals surface area (Å²) in [6, 6.07) is 6.87. The van der Waals surface area contributed by atoms with Crippen molar-refractivity contribution in [2.45, 2.75) is 46.1 Å². The van der Waals surface area contributed by atoms with Crippen molar-refractivity contribution in [2.75, 3.05) is 25.0 Å². The van der Waals surface area contributed by atoms with E-state index >= 15 is 0 Å². The van der Waals surface area contributed by atoms with E-state index in [2.05, 4.69) is 63.2 Å². The molecule has 19 heavy (non-hydrogen) atoms. The summed E-state index contributed by atoms with van der Waals surface area (Å²) < 4.78 is 0. The lowest BCUT2D eigenvalue weighted by atomic mass is 9.82. The lowest BCUT2D eigenvalue weighted by molar-refractivity contribution is 0.270. The molecule has 1 heterocycles. The lowest BCUT2D eigenvalue weighted by Gasteiger charge is -2.47. The summed E-state index contributed by atoms with van der Waals surface area (Å²) >= 11 is 0. The van der Waals surface area contributed by atoms with Gasteiger partial charge in [0.2, 0.25) is 0 Å². The van der Waals surface area contributed by atoms with Crippen molar-refractivity contribution in [1.29, 1.82) is 0 Å². The van der Waals surface area contributed by atoms with Crippen LogP contribution >= 0.6 is 0 Å². The standard InChI is InChI=1S/C17H28N2/c1-13-6-7-16(10-14(13)2)19-9-8-15(12-18-5)11-17(19,3)4/h6-7,10,15,18H,8-9,11-12H2,1-5H3. The molecule has 1 saturated heterocycles. The van der Waals surface area contributed by atoms with E-state index in [0.717, 1.165) is 12.5 Å². The van der Waals surface area contributed by atoms with Crippen LogP contribution in [-0.4, -0.2) is 25.7 Å². The second kappa shape index (κ2) is 5.54. The Morgan fingerprint density at radius 1 is 1.26 bits per heavy atom. The Hall–Kier alpha value is -1.02. The van der Waals surface area contributed by atoms with Crippen LogP contribution in [0, 0.1) is 19.8 Å². The smallest absolute Gasteiger partial charge is 0.0373 e. The Labute approximate surface area is 118 Å². The van der Waals surface area contributed by atoms with Crippen molar-refractivity contribution in [2.24, 2.45) is 5.92 Å². The van der Waals surface area contributed by atoms with Crippen LogP contribution in [0.25, 0.3) is 0 Å². The first-order valence-electron chi connectivity index (χ1n) is 7.43. The Kier molecular flexibility index (Phi) is 4.19. The average molecular weight is 260 g/mol. The molecule has 0 saturated carbocycles. The number of anilines is 1. The summed E-state index contributed by atoms with van der Waals surface area (Å²) in [5, 5.41) is 3.33. The number of piperidine rings is 1. The quantitative estimate of drug-likeness (QED) is 0.894. The molecule has 0 aliphatic carbocycles. The number of nitrogens with zero attached hydrogens (tertiary/aromatic N) is 1. The second-order valence-corrected chi connectivity index (χ2v) is 6.65. The monoisotopic (exact) mass is 260 g/mol. The molecular formula is C17H28N2. The minimum Gasteiger partial charge on any atom is -0.366 e. The van der Waals surface area contributed by atoms with Crippen LogP contribution in [0.2, 0.25) is 0 Å². The first-order valence-corrected chi connectivity index (χ1v) is 7.43. The highest BCUT2D eigenvalue weighted by molar-refractivity contribution is 5.53. The van der Waals surface area contributed by atoms with Gasteiger partial charge in [0.15, 0.2) is 0 Å². The number of benzene rings is 1.